The van der Waals surface area contributed by atoms with Crippen molar-refractivity contribution < 1.29 is 18.3 Å². The van der Waals surface area contributed by atoms with Crippen LogP contribution in [0.2, 0.25) is 0 Å². The normalized spacial score (nSPS) is 11.4. The van der Waals surface area contributed by atoms with E-state index in [0.29, 0.717) is 28.0 Å². The van der Waals surface area contributed by atoms with Crippen LogP contribution in [0, 0.1) is 11.6 Å². The summed E-state index contributed by atoms with van der Waals surface area (Å²) in [6.07, 6.45) is 0. The number of ether oxygens (including phenoxy) is 2. The van der Waals surface area contributed by atoms with Crippen LogP contribution in [0.3, 0.4) is 0 Å². The molecule has 9 heteroatoms. The molecule has 0 saturated carbocycles. The van der Waals surface area contributed by atoms with E-state index in [1.165, 1.54) is 12.1 Å². The molecule has 286 valence electrons. The molecule has 6 nitrogen and oxygen atoms in total. The monoisotopic (exact) mass is 792 g/mol. The minimum Gasteiger partial charge on any atom is -0.497 e. The number of anilines is 3. The molecule has 0 fully saturated rings. The number of aromatic nitrogens is 3. The van der Waals surface area contributed by atoms with Crippen LogP contribution in [0.4, 0.5) is 25.8 Å². The number of hydrogen-bond acceptors (Lipinski definition) is 6. The number of para-hydroxylation sites is 1. The van der Waals surface area contributed by atoms with Crippen molar-refractivity contribution in [1.82, 2.24) is 13.3 Å². The molecule has 0 bridgehead atoms. The Kier molecular flexibility index (Phi) is 9.07. The third-order valence-corrected chi connectivity index (χ3v) is 11.4. The van der Waals surface area contributed by atoms with Gasteiger partial charge < -0.3 is 18.9 Å². The van der Waals surface area contributed by atoms with Gasteiger partial charge in [-0.3, -0.25) is 0 Å². The molecule has 0 aliphatic rings. The predicted molar refractivity (Wildman–Crippen MR) is 236 cm³/mol. The molecule has 0 N–H and O–H groups in total. The highest BCUT2D eigenvalue weighted by molar-refractivity contribution is 7.00. The van der Waals surface area contributed by atoms with Gasteiger partial charge in [0.15, 0.2) is 0 Å². The summed E-state index contributed by atoms with van der Waals surface area (Å²) in [6.45, 7) is 0. The van der Waals surface area contributed by atoms with E-state index in [2.05, 4.69) is 6.07 Å². The van der Waals surface area contributed by atoms with Gasteiger partial charge in [0.1, 0.15) is 39.9 Å². The highest BCUT2D eigenvalue weighted by Gasteiger charge is 2.25. The number of hydrogen-bond donors (Lipinski definition) is 0. The van der Waals surface area contributed by atoms with Gasteiger partial charge >= 0.3 is 0 Å². The Hall–Kier alpha value is -7.36. The van der Waals surface area contributed by atoms with Crippen molar-refractivity contribution in [2.24, 2.45) is 0 Å². The first-order valence-electron chi connectivity index (χ1n) is 19.0. The van der Waals surface area contributed by atoms with Crippen LogP contribution in [0.15, 0.2) is 170 Å². The second kappa shape index (κ2) is 14.9. The lowest BCUT2D eigenvalue weighted by Gasteiger charge is -2.27. The maximum absolute atomic E-state index is 17.3. The minimum absolute atomic E-state index is 0.293. The van der Waals surface area contributed by atoms with E-state index in [0.717, 1.165) is 84.2 Å². The Labute approximate surface area is 343 Å². The summed E-state index contributed by atoms with van der Waals surface area (Å²) in [5, 5.41) is 2.03. The maximum Gasteiger partial charge on any atom is 0.150 e. The number of fused-ring (bicyclic) bond motifs is 4. The smallest absolute Gasteiger partial charge is 0.150 e. The Morgan fingerprint density at radius 1 is 0.508 bits per heavy atom. The van der Waals surface area contributed by atoms with Crippen LogP contribution in [-0.4, -0.2) is 27.5 Å². The molecule has 0 spiro atoms. The zero-order valence-electron chi connectivity index (χ0n) is 31.9. The zero-order valence-corrected chi connectivity index (χ0v) is 32.8. The van der Waals surface area contributed by atoms with Gasteiger partial charge in [-0.05, 0) is 113 Å². The molecule has 10 aromatic rings. The van der Waals surface area contributed by atoms with Gasteiger partial charge in [0.05, 0.1) is 37.0 Å². The molecule has 59 heavy (non-hydrogen) atoms. The number of benzene rings is 8. The van der Waals surface area contributed by atoms with E-state index in [1.54, 1.807) is 26.4 Å². The summed E-state index contributed by atoms with van der Waals surface area (Å²) >= 11 is 1.05. The van der Waals surface area contributed by atoms with Gasteiger partial charge in [0, 0.05) is 33.4 Å². The van der Waals surface area contributed by atoms with Crippen LogP contribution in [0.25, 0.3) is 71.9 Å². The number of halogens is 2. The largest absolute Gasteiger partial charge is 0.497 e. The van der Waals surface area contributed by atoms with E-state index in [4.69, 9.17) is 18.2 Å². The van der Waals surface area contributed by atoms with Crippen molar-refractivity contribution >= 4 is 61.6 Å². The molecular weight excluding hydrogens is 759 g/mol. The summed E-state index contributed by atoms with van der Waals surface area (Å²) in [6, 6.07) is 54.1. The fourth-order valence-electron chi connectivity index (χ4n) is 7.94. The standard InChI is InChI=1S/C50H34F2N4O2S/c1-57-40-23-14-33(15-24-40)31-10-19-37(20-11-31)55(38-21-12-32(13-22-38)34-16-25-41(58-2)26-17-34)50-45(52)30-44(48-49(50)54-59-53-48)35-18-27-43-42-8-3-4-9-46(42)56(47(43)28-35)39-7-5-6-36(51)29-39/h3-30H,1-2H3. The van der Waals surface area contributed by atoms with E-state index in [-0.39, 0.29) is 5.82 Å². The summed E-state index contributed by atoms with van der Waals surface area (Å²) in [5.74, 6) is 0.781. The first-order chi connectivity index (χ1) is 29.0. The number of nitrogens with zero attached hydrogens (tertiary/aromatic N) is 4. The quantitative estimate of drug-likeness (QED) is 0.146. The third-order valence-electron chi connectivity index (χ3n) is 10.8. The maximum atomic E-state index is 17.3. The molecule has 0 atom stereocenters. The highest BCUT2D eigenvalue weighted by atomic mass is 32.1. The van der Waals surface area contributed by atoms with Crippen LogP contribution < -0.4 is 14.4 Å². The van der Waals surface area contributed by atoms with E-state index in [1.807, 2.05) is 149 Å². The average Bonchev–Trinajstić information content (AvgIpc) is 3.91. The van der Waals surface area contributed by atoms with Gasteiger partial charge in [-0.15, -0.1) is 0 Å². The summed E-state index contributed by atoms with van der Waals surface area (Å²) in [5.41, 5.74) is 10.8. The van der Waals surface area contributed by atoms with Crippen LogP contribution in [0.1, 0.15) is 0 Å². The van der Waals surface area contributed by atoms with Crippen molar-refractivity contribution in [2.45, 2.75) is 0 Å². The molecule has 0 amide bonds. The van der Waals surface area contributed by atoms with Gasteiger partial charge in [-0.2, -0.15) is 8.75 Å². The van der Waals surface area contributed by atoms with Crippen molar-refractivity contribution in [2.75, 3.05) is 19.1 Å². The molecule has 2 heterocycles. The van der Waals surface area contributed by atoms with Crippen molar-refractivity contribution in [3.63, 3.8) is 0 Å². The first-order valence-corrected chi connectivity index (χ1v) is 19.7. The van der Waals surface area contributed by atoms with E-state index < -0.39 is 5.82 Å². The molecule has 0 unspecified atom stereocenters. The molecule has 2 aromatic heterocycles. The van der Waals surface area contributed by atoms with Crippen molar-refractivity contribution in [3.05, 3.63) is 181 Å². The Bertz CT molecular complexity index is 3050. The topological polar surface area (TPSA) is 52.4 Å². The van der Waals surface area contributed by atoms with Gasteiger partial charge in [0.25, 0.3) is 0 Å². The second-order valence-electron chi connectivity index (χ2n) is 14.2. The second-order valence-corrected chi connectivity index (χ2v) is 14.7. The molecule has 0 aliphatic heterocycles. The molecule has 8 aromatic carbocycles. The molecule has 0 aliphatic carbocycles. The van der Waals surface area contributed by atoms with Gasteiger partial charge in [-0.25, -0.2) is 8.78 Å². The zero-order chi connectivity index (χ0) is 40.0. The SMILES string of the molecule is COc1ccc(-c2ccc(N(c3ccc(-c4ccc(OC)cc4)cc3)c3c(F)cc(-c4ccc5c6ccccc6n(-c6cccc(F)c6)c5c4)c4nsnc34)cc2)cc1. The van der Waals surface area contributed by atoms with Crippen molar-refractivity contribution in [3.8, 4) is 50.6 Å². The molecule has 0 radical (unpaired) electrons. The fraction of sp³-hybridized carbons (Fsp3) is 0.0400. The lowest BCUT2D eigenvalue weighted by atomic mass is 9.99. The van der Waals surface area contributed by atoms with Gasteiger partial charge in [0.2, 0.25) is 0 Å². The Balaban J connectivity index is 1.12. The summed E-state index contributed by atoms with van der Waals surface area (Å²) < 4.78 is 54.2. The number of rotatable bonds is 9. The fourth-order valence-corrected chi connectivity index (χ4v) is 8.50. The van der Waals surface area contributed by atoms with Crippen LogP contribution >= 0.6 is 11.7 Å². The third kappa shape index (κ3) is 6.42. The average molecular weight is 793 g/mol. The van der Waals surface area contributed by atoms with Gasteiger partial charge in [-0.1, -0.05) is 84.9 Å². The lowest BCUT2D eigenvalue weighted by molar-refractivity contribution is 0.415. The number of methoxy groups -OCH3 is 2. The molecule has 10 rings (SSSR count). The lowest BCUT2D eigenvalue weighted by Crippen LogP contribution is -2.12. The highest BCUT2D eigenvalue weighted by Crippen LogP contribution is 2.45. The summed E-state index contributed by atoms with van der Waals surface area (Å²) in [7, 11) is 3.30. The Morgan fingerprint density at radius 3 is 1.64 bits per heavy atom. The van der Waals surface area contributed by atoms with E-state index >= 15 is 4.39 Å². The van der Waals surface area contributed by atoms with Crippen LogP contribution in [0.5, 0.6) is 11.5 Å². The molecule has 0 saturated heterocycles. The molecular formula is C50H34F2N4O2S. The summed E-state index contributed by atoms with van der Waals surface area (Å²) in [4.78, 5) is 1.91. The Morgan fingerprint density at radius 2 is 1.05 bits per heavy atom. The predicted octanol–water partition coefficient (Wildman–Crippen LogP) is 13.6. The minimum atomic E-state index is -0.454. The van der Waals surface area contributed by atoms with Crippen molar-refractivity contribution in [1.29, 1.82) is 0 Å². The van der Waals surface area contributed by atoms with Crippen LogP contribution in [-0.2, 0) is 0 Å². The van der Waals surface area contributed by atoms with E-state index in [9.17, 15) is 4.39 Å². The first kappa shape index (κ1) is 36.0.